The van der Waals surface area contributed by atoms with E-state index in [2.05, 4.69) is 39.3 Å². The molecule has 4 nitrogen and oxygen atoms in total. The van der Waals surface area contributed by atoms with Gasteiger partial charge in [-0.25, -0.2) is 0 Å². The summed E-state index contributed by atoms with van der Waals surface area (Å²) < 4.78 is -1.04. The first kappa shape index (κ1) is 21.4. The summed E-state index contributed by atoms with van der Waals surface area (Å²) in [6, 6.07) is -0.780. The standard InChI is InChI=1S/C20H36Cl2N2O2Si2/c1-27(2,3)19(21)15-9-7-13(11-15)17(19)23(25)24(26)18-14-8-10-16(12-14)20(18,22)28(4,5)6/h13-18H,7-12H2,1-6H3/b24-23+/t13-,14-,15+,16+,17+,18+,19+,20+/m0/s1. The number of hydroxylamine groups is 2. The molecule has 28 heavy (non-hydrogen) atoms. The van der Waals surface area contributed by atoms with Gasteiger partial charge in [0.05, 0.1) is 16.1 Å². The lowest BCUT2D eigenvalue weighted by atomic mass is 9.93. The van der Waals surface area contributed by atoms with Crippen LogP contribution in [0.4, 0.5) is 0 Å². The predicted molar refractivity (Wildman–Crippen MR) is 120 cm³/mol. The number of nitrogens with zero attached hydrogens (tertiary/aromatic N) is 2. The van der Waals surface area contributed by atoms with Crippen LogP contribution < -0.4 is 0 Å². The van der Waals surface area contributed by atoms with E-state index >= 15 is 0 Å². The molecule has 0 amide bonds. The van der Waals surface area contributed by atoms with Crippen LogP contribution in [0.1, 0.15) is 38.5 Å². The van der Waals surface area contributed by atoms with Crippen LogP contribution in [0, 0.1) is 34.1 Å². The Kier molecular flexibility index (Phi) is 4.87. The summed E-state index contributed by atoms with van der Waals surface area (Å²) in [6.45, 7) is 13.5. The Morgan fingerprint density at radius 2 is 1.00 bits per heavy atom. The summed E-state index contributed by atoms with van der Waals surface area (Å²) in [5, 5.41) is 27.4. The van der Waals surface area contributed by atoms with Crippen molar-refractivity contribution >= 4 is 39.3 Å². The Labute approximate surface area is 181 Å². The Bertz CT molecular complexity index is 649. The monoisotopic (exact) mass is 462 g/mol. The molecule has 4 bridgehead atoms. The second-order valence-electron chi connectivity index (χ2n) is 12.1. The Hall–Kier alpha value is 0.214. The molecule has 0 radical (unpaired) electrons. The van der Waals surface area contributed by atoms with Gasteiger partial charge in [0, 0.05) is 21.6 Å². The topological polar surface area (TPSA) is 52.1 Å². The molecule has 0 N–H and O–H groups in total. The molecule has 0 aromatic carbocycles. The first-order valence-corrected chi connectivity index (χ1v) is 18.8. The van der Waals surface area contributed by atoms with Crippen molar-refractivity contribution < 1.29 is 9.72 Å². The molecule has 0 unspecified atom stereocenters. The zero-order chi connectivity index (χ0) is 20.9. The summed E-state index contributed by atoms with van der Waals surface area (Å²) in [5.41, 5.74) is 0. The molecule has 4 rings (SSSR count). The molecular formula is C20H36Cl2N2O2Si2. The van der Waals surface area contributed by atoms with Gasteiger partial charge in [-0.1, -0.05) is 39.3 Å². The van der Waals surface area contributed by atoms with Crippen LogP contribution in [0.2, 0.25) is 39.3 Å². The van der Waals surface area contributed by atoms with Gasteiger partial charge in [-0.2, -0.15) is 0 Å². The number of rotatable bonds is 4. The van der Waals surface area contributed by atoms with Crippen molar-refractivity contribution in [3.8, 4) is 0 Å². The highest BCUT2D eigenvalue weighted by atomic mass is 35.5. The third-order valence-corrected chi connectivity index (χ3v) is 19.3. The largest absolute Gasteiger partial charge is 0.567 e. The molecule has 160 valence electrons. The van der Waals surface area contributed by atoms with Crippen molar-refractivity contribution in [1.82, 2.24) is 0 Å². The summed E-state index contributed by atoms with van der Waals surface area (Å²) >= 11 is 14.7. The first-order chi connectivity index (χ1) is 12.7. The fraction of sp³-hybridized carbons (Fsp3) is 1.00. The van der Waals surface area contributed by atoms with E-state index in [1.54, 1.807) is 0 Å². The third kappa shape index (κ3) is 2.59. The minimum Gasteiger partial charge on any atom is -0.567 e. The lowest BCUT2D eigenvalue weighted by Gasteiger charge is -2.45. The van der Waals surface area contributed by atoms with E-state index in [0.29, 0.717) is 11.8 Å². The molecule has 8 heteroatoms. The van der Waals surface area contributed by atoms with Gasteiger partial charge in [0.25, 0.3) is 0 Å². The predicted octanol–water partition coefficient (Wildman–Crippen LogP) is 5.77. The summed E-state index contributed by atoms with van der Waals surface area (Å²) in [5.74, 6) is 1.24. The Morgan fingerprint density at radius 1 is 0.679 bits per heavy atom. The molecule has 4 aliphatic rings. The van der Waals surface area contributed by atoms with Crippen molar-refractivity contribution in [2.45, 2.75) is 98.9 Å². The third-order valence-electron chi connectivity index (χ3n) is 8.86. The van der Waals surface area contributed by atoms with Gasteiger partial charge in [0.15, 0.2) is 0 Å². The highest BCUT2D eigenvalue weighted by Crippen LogP contribution is 2.61. The highest BCUT2D eigenvalue weighted by Gasteiger charge is 2.72. The molecule has 0 saturated heterocycles. The van der Waals surface area contributed by atoms with Gasteiger partial charge < -0.3 is 10.4 Å². The molecule has 0 aliphatic heterocycles. The van der Waals surface area contributed by atoms with Crippen LogP contribution in [0.3, 0.4) is 0 Å². The van der Waals surface area contributed by atoms with E-state index in [9.17, 15) is 10.4 Å². The Balaban J connectivity index is 1.78. The second-order valence-corrected chi connectivity index (χ2v) is 24.6. The van der Waals surface area contributed by atoms with Gasteiger partial charge >= 0.3 is 0 Å². The van der Waals surface area contributed by atoms with Crippen LogP contribution in [0.15, 0.2) is 0 Å². The second kappa shape index (κ2) is 6.36. The zero-order valence-electron chi connectivity index (χ0n) is 18.2. The molecular weight excluding hydrogens is 427 g/mol. The zero-order valence-corrected chi connectivity index (χ0v) is 21.7. The first-order valence-electron chi connectivity index (χ1n) is 11.0. The van der Waals surface area contributed by atoms with Crippen molar-refractivity contribution in [1.29, 1.82) is 0 Å². The number of hydrogen-bond donors (Lipinski definition) is 0. The van der Waals surface area contributed by atoms with Crippen molar-refractivity contribution in [2.24, 2.45) is 23.7 Å². The maximum absolute atomic E-state index is 13.7. The maximum atomic E-state index is 13.7. The minimum atomic E-state index is -1.87. The van der Waals surface area contributed by atoms with E-state index in [-0.39, 0.29) is 11.8 Å². The van der Waals surface area contributed by atoms with Crippen molar-refractivity contribution in [3.63, 3.8) is 0 Å². The quantitative estimate of drug-likeness (QED) is 0.175. The van der Waals surface area contributed by atoms with Crippen molar-refractivity contribution in [3.05, 3.63) is 10.4 Å². The van der Waals surface area contributed by atoms with E-state index < -0.39 is 37.2 Å². The molecule has 0 aromatic heterocycles. The van der Waals surface area contributed by atoms with Crippen LogP contribution >= 0.6 is 23.2 Å². The number of hydrogen-bond acceptors (Lipinski definition) is 2. The van der Waals surface area contributed by atoms with Crippen LogP contribution in [-0.4, -0.2) is 46.9 Å². The lowest BCUT2D eigenvalue weighted by molar-refractivity contribution is -1.00. The van der Waals surface area contributed by atoms with E-state index in [1.807, 2.05) is 0 Å². The summed E-state index contributed by atoms with van der Waals surface area (Å²) in [6.07, 6.45) is 6.26. The number of azo groups is 1. The molecule has 8 atom stereocenters. The fourth-order valence-electron chi connectivity index (χ4n) is 7.58. The smallest absolute Gasteiger partial charge is 0.248 e. The van der Waals surface area contributed by atoms with E-state index in [0.717, 1.165) is 48.2 Å². The number of fused-ring (bicyclic) bond motifs is 4. The van der Waals surface area contributed by atoms with E-state index in [1.165, 1.54) is 0 Å². The molecule has 4 fully saturated rings. The van der Waals surface area contributed by atoms with Crippen LogP contribution in [0.5, 0.6) is 0 Å². The molecule has 0 aromatic rings. The van der Waals surface area contributed by atoms with Crippen LogP contribution in [-0.2, 0) is 0 Å². The van der Waals surface area contributed by atoms with Gasteiger partial charge in [0.1, 0.15) is 8.99 Å². The number of alkyl halides is 2. The normalized spacial score (nSPS) is 49.0. The Morgan fingerprint density at radius 3 is 1.29 bits per heavy atom. The summed E-state index contributed by atoms with van der Waals surface area (Å²) in [7, 11) is -3.74. The van der Waals surface area contributed by atoms with Crippen molar-refractivity contribution in [2.75, 3.05) is 0 Å². The van der Waals surface area contributed by atoms with Gasteiger partial charge in [-0.05, 0) is 50.4 Å². The average Bonchev–Trinajstić information content (AvgIpc) is 3.31. The molecule has 0 heterocycles. The molecule has 0 spiro atoms. The SMILES string of the molecule is C[Si](C)(C)[C@]1(Cl)[C@@H]2CC[C@@H](C2)[C@H]1/[N+]([O-])=[N+](\[O-])[C@@H]1[C@H]2CC[C@H](C2)[C@@]1(Cl)[Si](C)(C)C. The average molecular weight is 464 g/mol. The van der Waals surface area contributed by atoms with Gasteiger partial charge in [-0.3, -0.25) is 0 Å². The minimum absolute atomic E-state index is 0.248. The summed E-state index contributed by atoms with van der Waals surface area (Å²) in [4.78, 5) is 1.61. The van der Waals surface area contributed by atoms with Crippen LogP contribution in [0.25, 0.3) is 0 Å². The van der Waals surface area contributed by atoms with Gasteiger partial charge in [0.2, 0.25) is 12.1 Å². The highest BCUT2D eigenvalue weighted by molar-refractivity contribution is 6.87. The fourth-order valence-corrected chi connectivity index (χ4v) is 13.9. The lowest BCUT2D eigenvalue weighted by Crippen LogP contribution is -2.65. The molecule has 4 saturated carbocycles. The maximum Gasteiger partial charge on any atom is 0.248 e. The van der Waals surface area contributed by atoms with E-state index in [4.69, 9.17) is 23.2 Å². The number of halogens is 2. The molecule has 4 aliphatic carbocycles. The van der Waals surface area contributed by atoms with Gasteiger partial charge in [-0.15, -0.1) is 23.2 Å².